The molecule has 10 heteroatoms. The fourth-order valence-electron chi connectivity index (χ4n) is 5.06. The Morgan fingerprint density at radius 1 is 1.00 bits per heavy atom. The predicted molar refractivity (Wildman–Crippen MR) is 179 cm³/mol. The van der Waals surface area contributed by atoms with Crippen molar-refractivity contribution < 1.29 is 9.59 Å². The van der Waals surface area contributed by atoms with Gasteiger partial charge in [-0.1, -0.05) is 93.7 Å². The molecule has 40 heavy (non-hydrogen) atoms. The van der Waals surface area contributed by atoms with E-state index in [1.54, 1.807) is 0 Å². The molecule has 8 nitrogen and oxygen atoms in total. The number of carbonyl (C=O) groups excluding carboxylic acids is 2. The van der Waals surface area contributed by atoms with Gasteiger partial charge >= 0.3 is 0 Å². The first-order chi connectivity index (χ1) is 19.4. The SMILES string of the molecule is NC(N)=NCCC[C@@H]1N[C@H](CNC(=O)c2ccc3ccccc3c2)CCN(Cc2cc(CI)cc(CI)c2)C1=O. The Hall–Kier alpha value is -2.45. The molecule has 0 spiro atoms. The molecule has 3 aromatic carbocycles. The van der Waals surface area contributed by atoms with Gasteiger partial charge in [0.1, 0.15) is 0 Å². The van der Waals surface area contributed by atoms with Crippen molar-refractivity contribution in [3.8, 4) is 0 Å². The molecule has 0 radical (unpaired) electrons. The number of benzene rings is 3. The number of nitrogens with two attached hydrogens (primary N) is 2. The van der Waals surface area contributed by atoms with E-state index in [-0.39, 0.29) is 29.9 Å². The van der Waals surface area contributed by atoms with Crippen molar-refractivity contribution in [1.29, 1.82) is 0 Å². The second-order valence-corrected chi connectivity index (χ2v) is 11.6. The van der Waals surface area contributed by atoms with Gasteiger partial charge in [-0.25, -0.2) is 0 Å². The van der Waals surface area contributed by atoms with Crippen LogP contribution in [0.1, 0.15) is 46.3 Å². The molecule has 2 amide bonds. The van der Waals surface area contributed by atoms with Crippen molar-refractivity contribution in [3.05, 3.63) is 82.9 Å². The molecule has 1 heterocycles. The first-order valence-corrected chi connectivity index (χ1v) is 16.5. The summed E-state index contributed by atoms with van der Waals surface area (Å²) >= 11 is 4.76. The van der Waals surface area contributed by atoms with Crippen LogP contribution in [-0.2, 0) is 20.2 Å². The molecular formula is C30H36I2N6O2. The van der Waals surface area contributed by atoms with Gasteiger partial charge in [-0.2, -0.15) is 0 Å². The molecule has 0 saturated carbocycles. The van der Waals surface area contributed by atoms with Crippen LogP contribution >= 0.6 is 45.2 Å². The van der Waals surface area contributed by atoms with Crippen LogP contribution in [-0.4, -0.2) is 54.4 Å². The Bertz CT molecular complexity index is 1340. The third-order valence-corrected chi connectivity index (χ3v) is 8.82. The Balaban J connectivity index is 1.45. The summed E-state index contributed by atoms with van der Waals surface area (Å²) in [5.41, 5.74) is 15.3. The molecule has 1 aliphatic heterocycles. The number of hydrogen-bond acceptors (Lipinski definition) is 4. The number of nitrogens with zero attached hydrogens (tertiary/aromatic N) is 2. The van der Waals surface area contributed by atoms with Crippen LogP contribution in [0.15, 0.2) is 65.7 Å². The molecule has 1 saturated heterocycles. The minimum Gasteiger partial charge on any atom is -0.370 e. The van der Waals surface area contributed by atoms with Crippen molar-refractivity contribution in [2.24, 2.45) is 16.5 Å². The molecule has 0 aliphatic carbocycles. The highest BCUT2D eigenvalue weighted by atomic mass is 127. The molecule has 0 unspecified atom stereocenters. The van der Waals surface area contributed by atoms with Crippen molar-refractivity contribution in [1.82, 2.24) is 15.5 Å². The highest BCUT2D eigenvalue weighted by Gasteiger charge is 2.31. The van der Waals surface area contributed by atoms with Crippen LogP contribution < -0.4 is 22.1 Å². The minimum atomic E-state index is -0.379. The largest absolute Gasteiger partial charge is 0.370 e. The molecule has 6 N–H and O–H groups in total. The summed E-state index contributed by atoms with van der Waals surface area (Å²) in [4.78, 5) is 32.7. The van der Waals surface area contributed by atoms with Crippen LogP contribution in [0, 0.1) is 0 Å². The number of fused-ring (bicyclic) bond motifs is 1. The normalized spacial score (nSPS) is 17.4. The average Bonchev–Trinajstić information content (AvgIpc) is 3.11. The highest BCUT2D eigenvalue weighted by Crippen LogP contribution is 2.20. The van der Waals surface area contributed by atoms with Crippen LogP contribution in [0.25, 0.3) is 10.8 Å². The second kappa shape index (κ2) is 15.0. The van der Waals surface area contributed by atoms with Crippen LogP contribution in [0.4, 0.5) is 0 Å². The summed E-state index contributed by atoms with van der Waals surface area (Å²) in [5, 5.41) is 8.75. The number of guanidine groups is 1. The molecule has 212 valence electrons. The lowest BCUT2D eigenvalue weighted by Crippen LogP contribution is -2.48. The number of carbonyl (C=O) groups is 2. The Kier molecular flexibility index (Phi) is 11.4. The van der Waals surface area contributed by atoms with E-state index in [0.717, 1.165) is 31.6 Å². The van der Waals surface area contributed by atoms with E-state index in [2.05, 4.69) is 79.0 Å². The van der Waals surface area contributed by atoms with E-state index in [9.17, 15) is 9.59 Å². The van der Waals surface area contributed by atoms with E-state index in [1.165, 1.54) is 11.1 Å². The first kappa shape index (κ1) is 30.5. The van der Waals surface area contributed by atoms with E-state index in [1.807, 2.05) is 47.4 Å². The van der Waals surface area contributed by atoms with Crippen molar-refractivity contribution in [2.45, 2.75) is 46.7 Å². The van der Waals surface area contributed by atoms with Gasteiger partial charge < -0.3 is 27.0 Å². The van der Waals surface area contributed by atoms with Crippen molar-refractivity contribution in [2.75, 3.05) is 19.6 Å². The van der Waals surface area contributed by atoms with Crippen molar-refractivity contribution >= 4 is 73.7 Å². The first-order valence-electron chi connectivity index (χ1n) is 13.5. The van der Waals surface area contributed by atoms with Crippen LogP contribution in [0.5, 0.6) is 0 Å². The zero-order valence-electron chi connectivity index (χ0n) is 22.4. The fourth-order valence-corrected chi connectivity index (χ4v) is 5.94. The maximum absolute atomic E-state index is 13.7. The number of rotatable bonds is 11. The van der Waals surface area contributed by atoms with Gasteiger partial charge in [0.2, 0.25) is 5.91 Å². The summed E-state index contributed by atoms with van der Waals surface area (Å²) in [7, 11) is 0. The molecule has 0 bridgehead atoms. The zero-order valence-corrected chi connectivity index (χ0v) is 26.7. The summed E-state index contributed by atoms with van der Waals surface area (Å²) < 4.78 is 1.86. The standard InChI is InChI=1S/C30H36I2N6O2/c31-16-20-12-21(17-32)14-22(13-20)19-38-11-9-26(37-27(29(38)40)6-3-10-35-30(33)34)18-36-28(39)25-8-7-23-4-1-2-5-24(23)15-25/h1-2,4-5,7-8,12-15,26-27,37H,3,6,9-11,16-19H2,(H,36,39)(H4,33,34,35)/t26-,27-/m0/s1. The maximum Gasteiger partial charge on any atom is 0.251 e. The van der Waals surface area contributed by atoms with Gasteiger partial charge in [-0.15, -0.1) is 0 Å². The van der Waals surface area contributed by atoms with E-state index in [4.69, 9.17) is 11.5 Å². The number of halogens is 2. The minimum absolute atomic E-state index is 0.0444. The molecule has 1 fully saturated rings. The molecule has 2 atom stereocenters. The topological polar surface area (TPSA) is 126 Å². The van der Waals surface area contributed by atoms with E-state index >= 15 is 0 Å². The number of aliphatic imine (C=N–C) groups is 1. The number of hydrogen-bond donors (Lipinski definition) is 4. The summed E-state index contributed by atoms with van der Waals surface area (Å²) in [6.07, 6.45) is 2.02. The lowest BCUT2D eigenvalue weighted by Gasteiger charge is -2.25. The molecular weight excluding hydrogens is 730 g/mol. The lowest BCUT2D eigenvalue weighted by atomic mass is 10.1. The van der Waals surface area contributed by atoms with Crippen LogP contribution in [0.2, 0.25) is 0 Å². The maximum atomic E-state index is 13.7. The average molecular weight is 766 g/mol. The Morgan fingerprint density at radius 2 is 1.70 bits per heavy atom. The second-order valence-electron chi connectivity index (χ2n) is 10.1. The Morgan fingerprint density at radius 3 is 2.40 bits per heavy atom. The third kappa shape index (κ3) is 8.53. The van der Waals surface area contributed by atoms with Gasteiger partial charge in [0.25, 0.3) is 5.91 Å². The molecule has 1 aliphatic rings. The highest BCUT2D eigenvalue weighted by molar-refractivity contribution is 14.1. The van der Waals surface area contributed by atoms with E-state index in [0.29, 0.717) is 44.6 Å². The number of nitrogens with one attached hydrogen (secondary N) is 2. The van der Waals surface area contributed by atoms with Gasteiger partial charge in [-0.3, -0.25) is 14.6 Å². The van der Waals surface area contributed by atoms with Gasteiger partial charge in [-0.05, 0) is 58.9 Å². The number of amides is 2. The van der Waals surface area contributed by atoms with Gasteiger partial charge in [0, 0.05) is 46.6 Å². The zero-order chi connectivity index (χ0) is 28.5. The van der Waals surface area contributed by atoms with E-state index < -0.39 is 0 Å². The molecule has 0 aromatic heterocycles. The van der Waals surface area contributed by atoms with Gasteiger partial charge in [0.05, 0.1) is 6.04 Å². The van der Waals surface area contributed by atoms with Crippen LogP contribution in [0.3, 0.4) is 0 Å². The smallest absolute Gasteiger partial charge is 0.251 e. The quantitative estimate of drug-likeness (QED) is 0.0765. The molecule has 3 aromatic rings. The van der Waals surface area contributed by atoms with Crippen molar-refractivity contribution in [3.63, 3.8) is 0 Å². The monoisotopic (exact) mass is 766 g/mol. The molecule has 4 rings (SSSR count). The summed E-state index contributed by atoms with van der Waals surface area (Å²) in [6.45, 7) is 2.07. The Labute approximate surface area is 263 Å². The predicted octanol–water partition coefficient (Wildman–Crippen LogP) is 4.25. The number of alkyl halides is 2. The summed E-state index contributed by atoms with van der Waals surface area (Å²) in [6, 6.07) is 19.9. The summed E-state index contributed by atoms with van der Waals surface area (Å²) in [5.74, 6) is 0.00691. The fraction of sp³-hybridized carbons (Fsp3) is 0.367. The third-order valence-electron chi connectivity index (χ3n) is 7.05. The lowest BCUT2D eigenvalue weighted by molar-refractivity contribution is -0.133. The van der Waals surface area contributed by atoms with Gasteiger partial charge in [0.15, 0.2) is 5.96 Å².